The highest BCUT2D eigenvalue weighted by atomic mass is 15.4. The number of hydrogen-bond donors (Lipinski definition) is 3. The molecule has 0 fully saturated rings. The predicted molar refractivity (Wildman–Crippen MR) is 83.7 cm³/mol. The fourth-order valence-corrected chi connectivity index (χ4v) is 2.46. The van der Waals surface area contributed by atoms with Gasteiger partial charge >= 0.3 is 0 Å². The number of hydrazine groups is 1. The Hall–Kier alpha value is -2.41. The number of aromatic nitrogens is 3. The average molecular weight is 285 g/mol. The molecule has 0 atom stereocenters. The summed E-state index contributed by atoms with van der Waals surface area (Å²) in [6.07, 6.45) is 3.55. The lowest BCUT2D eigenvalue weighted by atomic mass is 10.1. The zero-order valence-corrected chi connectivity index (χ0v) is 12.2. The third-order valence-electron chi connectivity index (χ3n) is 3.51. The molecule has 21 heavy (non-hydrogen) atoms. The quantitative estimate of drug-likeness (QED) is 0.578. The first kappa shape index (κ1) is 13.6. The molecular weight excluding hydrogens is 266 g/mol. The van der Waals surface area contributed by atoms with Crippen molar-refractivity contribution in [3.05, 3.63) is 29.3 Å². The summed E-state index contributed by atoms with van der Waals surface area (Å²) in [5, 5.41) is 3.22. The number of nitrogens with zero attached hydrogens (tertiary/aromatic N) is 4. The van der Waals surface area contributed by atoms with E-state index in [0.29, 0.717) is 17.8 Å². The highest BCUT2D eigenvalue weighted by Gasteiger charge is 2.12. The van der Waals surface area contributed by atoms with Crippen LogP contribution in [0.5, 0.6) is 0 Å². The summed E-state index contributed by atoms with van der Waals surface area (Å²) in [6, 6.07) is 6.39. The van der Waals surface area contributed by atoms with E-state index in [1.165, 1.54) is 24.0 Å². The molecule has 0 spiro atoms. The Balaban J connectivity index is 1.88. The van der Waals surface area contributed by atoms with Crippen LogP contribution in [0.4, 0.5) is 23.5 Å². The van der Waals surface area contributed by atoms with Gasteiger partial charge in [-0.3, -0.25) is 5.43 Å². The van der Waals surface area contributed by atoms with Gasteiger partial charge in [0.25, 0.3) is 0 Å². The molecule has 4 N–H and O–H groups in total. The number of hydrogen-bond acceptors (Lipinski definition) is 7. The summed E-state index contributed by atoms with van der Waals surface area (Å²) in [6.45, 7) is 0. The van der Waals surface area contributed by atoms with E-state index in [-0.39, 0.29) is 0 Å². The lowest BCUT2D eigenvalue weighted by Gasteiger charge is -2.13. The standard InChI is InChI=1S/C14H19N7/c1-21(2)14-18-12(17-13(19-14)20-15)16-11-7-6-9-4-3-5-10(9)8-11/h6-8H,3-5,15H2,1-2H3,(H2,16,17,18,19,20). The lowest BCUT2D eigenvalue weighted by Crippen LogP contribution is -2.18. The van der Waals surface area contributed by atoms with E-state index in [1.807, 2.05) is 14.1 Å². The third-order valence-corrected chi connectivity index (χ3v) is 3.51. The maximum atomic E-state index is 5.41. The minimum absolute atomic E-state index is 0.331. The van der Waals surface area contributed by atoms with E-state index in [0.717, 1.165) is 12.1 Å². The van der Waals surface area contributed by atoms with Crippen molar-refractivity contribution < 1.29 is 0 Å². The minimum atomic E-state index is 0.331. The molecule has 0 saturated carbocycles. The largest absolute Gasteiger partial charge is 0.347 e. The molecule has 0 amide bonds. The molecule has 0 unspecified atom stereocenters. The van der Waals surface area contributed by atoms with Gasteiger partial charge in [0, 0.05) is 19.8 Å². The highest BCUT2D eigenvalue weighted by Crippen LogP contribution is 2.26. The van der Waals surface area contributed by atoms with Crippen LogP contribution in [0.2, 0.25) is 0 Å². The van der Waals surface area contributed by atoms with Gasteiger partial charge in [-0.25, -0.2) is 5.84 Å². The Labute approximate surface area is 123 Å². The van der Waals surface area contributed by atoms with Gasteiger partial charge in [0.15, 0.2) is 0 Å². The monoisotopic (exact) mass is 285 g/mol. The fourth-order valence-electron chi connectivity index (χ4n) is 2.46. The summed E-state index contributed by atoms with van der Waals surface area (Å²) in [4.78, 5) is 14.6. The zero-order valence-electron chi connectivity index (χ0n) is 12.2. The van der Waals surface area contributed by atoms with E-state index in [2.05, 4.69) is 43.9 Å². The molecule has 1 aliphatic rings. The molecule has 1 aromatic heterocycles. The zero-order chi connectivity index (χ0) is 14.8. The number of aryl methyl sites for hydroxylation is 2. The van der Waals surface area contributed by atoms with E-state index in [1.54, 1.807) is 4.90 Å². The number of nitrogen functional groups attached to an aromatic ring is 1. The predicted octanol–water partition coefficient (Wildman–Crippen LogP) is 1.46. The van der Waals surface area contributed by atoms with E-state index in [4.69, 9.17) is 5.84 Å². The first-order valence-corrected chi connectivity index (χ1v) is 6.94. The summed E-state index contributed by atoms with van der Waals surface area (Å²) in [5.41, 5.74) is 6.28. The molecule has 0 radical (unpaired) electrons. The second-order valence-corrected chi connectivity index (χ2v) is 5.28. The van der Waals surface area contributed by atoms with Crippen molar-refractivity contribution in [3.8, 4) is 0 Å². The second-order valence-electron chi connectivity index (χ2n) is 5.28. The van der Waals surface area contributed by atoms with Crippen molar-refractivity contribution >= 4 is 23.5 Å². The molecule has 0 aliphatic heterocycles. The van der Waals surface area contributed by atoms with Gasteiger partial charge in [0.1, 0.15) is 0 Å². The molecule has 1 aromatic carbocycles. The minimum Gasteiger partial charge on any atom is -0.347 e. The Morgan fingerprint density at radius 1 is 1.05 bits per heavy atom. The van der Waals surface area contributed by atoms with Crippen molar-refractivity contribution in [2.24, 2.45) is 5.84 Å². The Kier molecular flexibility index (Phi) is 3.57. The topological polar surface area (TPSA) is 92.0 Å². The summed E-state index contributed by atoms with van der Waals surface area (Å²) >= 11 is 0. The first-order valence-electron chi connectivity index (χ1n) is 6.94. The van der Waals surface area contributed by atoms with Crippen LogP contribution in [0.25, 0.3) is 0 Å². The molecule has 2 aromatic rings. The highest BCUT2D eigenvalue weighted by molar-refractivity contribution is 5.58. The molecule has 7 heteroatoms. The van der Waals surface area contributed by atoms with E-state index in [9.17, 15) is 0 Å². The van der Waals surface area contributed by atoms with Crippen LogP contribution in [0.15, 0.2) is 18.2 Å². The number of benzene rings is 1. The smallest absolute Gasteiger partial charge is 0.243 e. The van der Waals surface area contributed by atoms with Crippen molar-refractivity contribution in [1.29, 1.82) is 0 Å². The van der Waals surface area contributed by atoms with Crippen LogP contribution in [-0.4, -0.2) is 29.0 Å². The molecule has 1 heterocycles. The summed E-state index contributed by atoms with van der Waals surface area (Å²) in [5.74, 6) is 6.75. The number of fused-ring (bicyclic) bond motifs is 1. The first-order chi connectivity index (χ1) is 10.2. The van der Waals surface area contributed by atoms with Gasteiger partial charge < -0.3 is 10.2 Å². The maximum absolute atomic E-state index is 5.41. The van der Waals surface area contributed by atoms with Crippen molar-refractivity contribution in [2.45, 2.75) is 19.3 Å². The van der Waals surface area contributed by atoms with Crippen LogP contribution < -0.4 is 21.5 Å². The normalized spacial score (nSPS) is 12.9. The maximum Gasteiger partial charge on any atom is 0.243 e. The molecule has 7 nitrogen and oxygen atoms in total. The van der Waals surface area contributed by atoms with Gasteiger partial charge in [-0.1, -0.05) is 6.07 Å². The summed E-state index contributed by atoms with van der Waals surface area (Å²) < 4.78 is 0. The second kappa shape index (κ2) is 5.53. The third kappa shape index (κ3) is 2.87. The van der Waals surface area contributed by atoms with Crippen molar-refractivity contribution in [3.63, 3.8) is 0 Å². The number of nitrogens with two attached hydrogens (primary N) is 1. The van der Waals surface area contributed by atoms with Crippen LogP contribution in [0, 0.1) is 0 Å². The number of nitrogens with one attached hydrogen (secondary N) is 2. The lowest BCUT2D eigenvalue weighted by molar-refractivity contribution is 0.912. The van der Waals surface area contributed by atoms with E-state index < -0.39 is 0 Å². The van der Waals surface area contributed by atoms with Gasteiger partial charge in [0.05, 0.1) is 0 Å². The molecule has 1 aliphatic carbocycles. The summed E-state index contributed by atoms with van der Waals surface area (Å²) in [7, 11) is 3.74. The molecule has 0 saturated heterocycles. The van der Waals surface area contributed by atoms with Crippen LogP contribution in [0.1, 0.15) is 17.5 Å². The van der Waals surface area contributed by atoms with Gasteiger partial charge in [-0.05, 0) is 42.5 Å². The number of rotatable bonds is 4. The molecule has 3 rings (SSSR count). The Bertz CT molecular complexity index is 654. The Morgan fingerprint density at radius 3 is 2.57 bits per heavy atom. The number of anilines is 4. The van der Waals surface area contributed by atoms with Crippen LogP contribution >= 0.6 is 0 Å². The van der Waals surface area contributed by atoms with Crippen molar-refractivity contribution in [2.75, 3.05) is 29.7 Å². The van der Waals surface area contributed by atoms with E-state index >= 15 is 0 Å². The average Bonchev–Trinajstić information content (AvgIpc) is 2.94. The molecule has 0 bridgehead atoms. The Morgan fingerprint density at radius 2 is 1.81 bits per heavy atom. The molecular formula is C14H19N7. The van der Waals surface area contributed by atoms with Crippen LogP contribution in [0.3, 0.4) is 0 Å². The fraction of sp³-hybridized carbons (Fsp3) is 0.357. The molecule has 110 valence electrons. The van der Waals surface area contributed by atoms with Gasteiger partial charge in [0.2, 0.25) is 17.8 Å². The van der Waals surface area contributed by atoms with Crippen LogP contribution in [-0.2, 0) is 12.8 Å². The van der Waals surface area contributed by atoms with Gasteiger partial charge in [-0.2, -0.15) is 15.0 Å². The van der Waals surface area contributed by atoms with Crippen molar-refractivity contribution in [1.82, 2.24) is 15.0 Å². The SMILES string of the molecule is CN(C)c1nc(NN)nc(Nc2ccc3c(c2)CCC3)n1. The van der Waals surface area contributed by atoms with Gasteiger partial charge in [-0.15, -0.1) is 0 Å².